The fourth-order valence-electron chi connectivity index (χ4n) is 2.79. The zero-order chi connectivity index (χ0) is 17.6. The van der Waals surface area contributed by atoms with Crippen LogP contribution >= 0.6 is 0 Å². The summed E-state index contributed by atoms with van der Waals surface area (Å²) in [4.78, 5) is 18.8. The van der Waals surface area contributed by atoms with Crippen LogP contribution in [0.4, 0.5) is 0 Å². The molecule has 3 rings (SSSR count). The Morgan fingerprint density at radius 3 is 2.52 bits per heavy atom. The highest BCUT2D eigenvalue weighted by Crippen LogP contribution is 2.26. The second-order valence-electron chi connectivity index (χ2n) is 5.80. The highest BCUT2D eigenvalue weighted by Gasteiger charge is 2.14. The Morgan fingerprint density at radius 2 is 1.80 bits per heavy atom. The van der Waals surface area contributed by atoms with Gasteiger partial charge in [-0.2, -0.15) is 0 Å². The van der Waals surface area contributed by atoms with E-state index in [-0.39, 0.29) is 5.91 Å². The molecule has 1 amide bonds. The molecule has 2 aromatic carbocycles. The summed E-state index contributed by atoms with van der Waals surface area (Å²) in [7, 11) is 0. The van der Waals surface area contributed by atoms with Gasteiger partial charge in [-0.1, -0.05) is 36.4 Å². The molecule has 3 aromatic rings. The lowest BCUT2D eigenvalue weighted by molar-refractivity contribution is 0.0773. The van der Waals surface area contributed by atoms with Crippen molar-refractivity contribution in [1.82, 2.24) is 9.88 Å². The maximum absolute atomic E-state index is 12.6. The number of rotatable bonds is 6. The molecular weight excluding hydrogens is 312 g/mol. The molecule has 0 aliphatic heterocycles. The lowest BCUT2D eigenvalue weighted by Gasteiger charge is -2.18. The van der Waals surface area contributed by atoms with Crippen molar-refractivity contribution in [3.8, 4) is 5.75 Å². The molecule has 25 heavy (non-hydrogen) atoms. The van der Waals surface area contributed by atoms with Gasteiger partial charge in [0, 0.05) is 24.7 Å². The molecule has 0 fully saturated rings. The molecule has 128 valence electrons. The largest absolute Gasteiger partial charge is 0.488 e. The van der Waals surface area contributed by atoms with Crippen molar-refractivity contribution in [2.24, 2.45) is 0 Å². The Labute approximate surface area is 148 Å². The summed E-state index contributed by atoms with van der Waals surface area (Å²) in [6.45, 7) is 5.79. The number of fused-ring (bicyclic) bond motifs is 1. The van der Waals surface area contributed by atoms with Crippen molar-refractivity contribution in [3.63, 3.8) is 0 Å². The molecule has 1 aromatic heterocycles. The molecule has 0 saturated carbocycles. The minimum atomic E-state index is -0.00253. The van der Waals surface area contributed by atoms with Gasteiger partial charge in [0.05, 0.1) is 11.1 Å². The first-order valence-electron chi connectivity index (χ1n) is 8.57. The minimum Gasteiger partial charge on any atom is -0.488 e. The van der Waals surface area contributed by atoms with Crippen LogP contribution in [0.15, 0.2) is 60.8 Å². The third-order valence-corrected chi connectivity index (χ3v) is 4.22. The van der Waals surface area contributed by atoms with Crippen molar-refractivity contribution in [1.29, 1.82) is 0 Å². The SMILES string of the molecule is CCN(CC)C(=O)c1cnc2cccc(OCc3ccccc3)c2c1. The average molecular weight is 334 g/mol. The van der Waals surface area contributed by atoms with E-state index in [0.29, 0.717) is 25.3 Å². The molecule has 0 unspecified atom stereocenters. The smallest absolute Gasteiger partial charge is 0.255 e. The summed E-state index contributed by atoms with van der Waals surface area (Å²) in [5.41, 5.74) is 2.51. The van der Waals surface area contributed by atoms with E-state index >= 15 is 0 Å². The van der Waals surface area contributed by atoms with Gasteiger partial charge >= 0.3 is 0 Å². The molecule has 0 aliphatic carbocycles. The van der Waals surface area contributed by atoms with Crippen LogP contribution in [0, 0.1) is 0 Å². The van der Waals surface area contributed by atoms with Gasteiger partial charge < -0.3 is 9.64 Å². The number of aromatic nitrogens is 1. The predicted octanol–water partition coefficient (Wildman–Crippen LogP) is 4.30. The predicted molar refractivity (Wildman–Crippen MR) is 99.8 cm³/mol. The number of carbonyl (C=O) groups excluding carboxylic acids is 1. The van der Waals surface area contributed by atoms with Crippen LogP contribution in [0.5, 0.6) is 5.75 Å². The average Bonchev–Trinajstić information content (AvgIpc) is 2.67. The monoisotopic (exact) mass is 334 g/mol. The Bertz CT molecular complexity index is 858. The number of hydrogen-bond acceptors (Lipinski definition) is 3. The molecule has 0 atom stereocenters. The first kappa shape index (κ1) is 17.0. The fraction of sp³-hybridized carbons (Fsp3) is 0.238. The highest BCUT2D eigenvalue weighted by atomic mass is 16.5. The number of benzene rings is 2. The van der Waals surface area contributed by atoms with Gasteiger partial charge in [0.1, 0.15) is 12.4 Å². The normalized spacial score (nSPS) is 10.6. The number of pyridine rings is 1. The molecule has 0 bridgehead atoms. The first-order valence-corrected chi connectivity index (χ1v) is 8.57. The Kier molecular flexibility index (Phi) is 5.29. The number of hydrogen-bond donors (Lipinski definition) is 0. The summed E-state index contributed by atoms with van der Waals surface area (Å²) >= 11 is 0. The van der Waals surface area contributed by atoms with E-state index in [2.05, 4.69) is 4.98 Å². The van der Waals surface area contributed by atoms with E-state index in [1.165, 1.54) is 0 Å². The molecule has 4 heteroatoms. The maximum atomic E-state index is 12.6. The molecular formula is C21H22N2O2. The molecule has 0 aliphatic rings. The third-order valence-electron chi connectivity index (χ3n) is 4.22. The van der Waals surface area contributed by atoms with E-state index in [4.69, 9.17) is 4.74 Å². The van der Waals surface area contributed by atoms with E-state index in [9.17, 15) is 4.79 Å². The van der Waals surface area contributed by atoms with Crippen molar-refractivity contribution in [3.05, 3.63) is 71.9 Å². The minimum absolute atomic E-state index is 0.00253. The van der Waals surface area contributed by atoms with Crippen molar-refractivity contribution < 1.29 is 9.53 Å². The van der Waals surface area contributed by atoms with E-state index in [1.54, 1.807) is 11.1 Å². The van der Waals surface area contributed by atoms with Gasteiger partial charge in [-0.25, -0.2) is 0 Å². The van der Waals surface area contributed by atoms with Crippen LogP contribution < -0.4 is 4.74 Å². The van der Waals surface area contributed by atoms with Gasteiger partial charge in [0.15, 0.2) is 0 Å². The number of nitrogens with zero attached hydrogens (tertiary/aromatic N) is 2. The number of ether oxygens (including phenoxy) is 1. The zero-order valence-corrected chi connectivity index (χ0v) is 14.6. The summed E-state index contributed by atoms with van der Waals surface area (Å²) in [6.07, 6.45) is 1.64. The van der Waals surface area contributed by atoms with Crippen LogP contribution in [-0.4, -0.2) is 28.9 Å². The van der Waals surface area contributed by atoms with Crippen LogP contribution in [0.25, 0.3) is 10.9 Å². The molecule has 0 radical (unpaired) electrons. The maximum Gasteiger partial charge on any atom is 0.255 e. The van der Waals surface area contributed by atoms with Crippen molar-refractivity contribution >= 4 is 16.8 Å². The lowest BCUT2D eigenvalue weighted by atomic mass is 10.1. The van der Waals surface area contributed by atoms with Gasteiger partial charge in [0.25, 0.3) is 5.91 Å². The third kappa shape index (κ3) is 3.79. The standard InChI is InChI=1S/C21H22N2O2/c1-3-23(4-2)21(24)17-13-18-19(22-14-17)11-8-12-20(18)25-15-16-9-6-5-7-10-16/h5-14H,3-4,15H2,1-2H3. The summed E-state index contributed by atoms with van der Waals surface area (Å²) in [6, 6.07) is 17.7. The molecule has 0 N–H and O–H groups in total. The number of carbonyl (C=O) groups is 1. The van der Waals surface area contributed by atoms with Crippen LogP contribution in [0.1, 0.15) is 29.8 Å². The van der Waals surface area contributed by atoms with Gasteiger partial charge in [-0.3, -0.25) is 9.78 Å². The second kappa shape index (κ2) is 7.79. The summed E-state index contributed by atoms with van der Waals surface area (Å²) < 4.78 is 5.99. The van der Waals surface area contributed by atoms with E-state index in [1.807, 2.05) is 68.4 Å². The Morgan fingerprint density at radius 1 is 1.04 bits per heavy atom. The quantitative estimate of drug-likeness (QED) is 0.675. The van der Waals surface area contributed by atoms with E-state index in [0.717, 1.165) is 22.2 Å². The van der Waals surface area contributed by atoms with Crippen LogP contribution in [-0.2, 0) is 6.61 Å². The Hall–Kier alpha value is -2.88. The number of amides is 1. The van der Waals surface area contributed by atoms with Crippen molar-refractivity contribution in [2.75, 3.05) is 13.1 Å². The van der Waals surface area contributed by atoms with Gasteiger partial charge in [-0.05, 0) is 37.6 Å². The summed E-state index contributed by atoms with van der Waals surface area (Å²) in [5.74, 6) is 0.736. The summed E-state index contributed by atoms with van der Waals surface area (Å²) in [5, 5.41) is 0.858. The first-order chi connectivity index (χ1) is 12.2. The van der Waals surface area contributed by atoms with Crippen LogP contribution in [0.2, 0.25) is 0 Å². The molecule has 4 nitrogen and oxygen atoms in total. The highest BCUT2D eigenvalue weighted by molar-refractivity contribution is 5.98. The zero-order valence-electron chi connectivity index (χ0n) is 14.6. The van der Waals surface area contributed by atoms with Crippen LogP contribution in [0.3, 0.4) is 0 Å². The van der Waals surface area contributed by atoms with Gasteiger partial charge in [-0.15, -0.1) is 0 Å². The lowest BCUT2D eigenvalue weighted by Crippen LogP contribution is -2.30. The molecule has 0 saturated heterocycles. The Balaban J connectivity index is 1.91. The van der Waals surface area contributed by atoms with Crippen molar-refractivity contribution in [2.45, 2.75) is 20.5 Å². The fourth-order valence-corrected chi connectivity index (χ4v) is 2.79. The molecule has 1 heterocycles. The molecule has 0 spiro atoms. The topological polar surface area (TPSA) is 42.4 Å². The van der Waals surface area contributed by atoms with Gasteiger partial charge in [0.2, 0.25) is 0 Å². The van der Waals surface area contributed by atoms with E-state index < -0.39 is 0 Å². The second-order valence-corrected chi connectivity index (χ2v) is 5.80.